The lowest BCUT2D eigenvalue weighted by atomic mass is 9.82. The minimum absolute atomic E-state index is 0.0996. The second kappa shape index (κ2) is 7.46. The van der Waals surface area contributed by atoms with Crippen LogP contribution in [0.5, 0.6) is 0 Å². The van der Waals surface area contributed by atoms with Gasteiger partial charge in [0.1, 0.15) is 4.90 Å². The van der Waals surface area contributed by atoms with Crippen molar-refractivity contribution in [2.45, 2.75) is 49.7 Å². The molecule has 2 aromatic rings. The van der Waals surface area contributed by atoms with Crippen LogP contribution in [-0.2, 0) is 20.0 Å². The molecule has 1 aromatic heterocycles. The summed E-state index contributed by atoms with van der Waals surface area (Å²) in [6.45, 7) is 6.00. The SMILES string of the molecule is CC1(C)CCN(c2c(Cl)cccc2NS(=O)(=O)c2ccn(S(=O)(=O)C3CC3)c2)CC1. The zero-order chi connectivity index (χ0) is 21.7. The molecule has 0 radical (unpaired) electrons. The summed E-state index contributed by atoms with van der Waals surface area (Å²) in [4.78, 5) is 2.01. The Morgan fingerprint density at radius 3 is 2.37 bits per heavy atom. The number of hydrogen-bond acceptors (Lipinski definition) is 5. The zero-order valence-corrected chi connectivity index (χ0v) is 19.4. The van der Waals surface area contributed by atoms with E-state index in [1.807, 2.05) is 0 Å². The molecule has 30 heavy (non-hydrogen) atoms. The van der Waals surface area contributed by atoms with Gasteiger partial charge in [-0.15, -0.1) is 0 Å². The van der Waals surface area contributed by atoms with Crippen LogP contribution in [0.15, 0.2) is 41.6 Å². The van der Waals surface area contributed by atoms with Gasteiger partial charge in [0.05, 0.1) is 21.6 Å². The van der Waals surface area contributed by atoms with Gasteiger partial charge in [0.2, 0.25) is 10.0 Å². The third-order valence-electron chi connectivity index (χ3n) is 5.85. The zero-order valence-electron chi connectivity index (χ0n) is 17.0. The van der Waals surface area contributed by atoms with Crippen molar-refractivity contribution in [1.82, 2.24) is 3.97 Å². The molecule has 1 aromatic carbocycles. The van der Waals surface area contributed by atoms with Crippen LogP contribution in [0.2, 0.25) is 5.02 Å². The molecule has 0 atom stereocenters. The molecule has 2 aliphatic rings. The molecule has 2 heterocycles. The van der Waals surface area contributed by atoms with Gasteiger partial charge in [-0.25, -0.2) is 16.8 Å². The average molecular weight is 472 g/mol. The van der Waals surface area contributed by atoms with E-state index in [1.54, 1.807) is 18.2 Å². The van der Waals surface area contributed by atoms with Gasteiger partial charge in [0.25, 0.3) is 10.0 Å². The van der Waals surface area contributed by atoms with Gasteiger partial charge < -0.3 is 4.90 Å². The molecule has 164 valence electrons. The topological polar surface area (TPSA) is 88.5 Å². The van der Waals surface area contributed by atoms with Crippen molar-refractivity contribution in [3.8, 4) is 0 Å². The van der Waals surface area contributed by atoms with Crippen molar-refractivity contribution in [2.75, 3.05) is 22.7 Å². The molecule has 1 saturated carbocycles. The van der Waals surface area contributed by atoms with Crippen LogP contribution in [0.3, 0.4) is 0 Å². The fourth-order valence-corrected chi connectivity index (χ4v) is 6.66. The highest BCUT2D eigenvalue weighted by Gasteiger charge is 2.37. The molecule has 0 spiro atoms. The lowest BCUT2D eigenvalue weighted by Gasteiger charge is -2.39. The molecule has 1 saturated heterocycles. The van der Waals surface area contributed by atoms with Crippen molar-refractivity contribution in [2.24, 2.45) is 5.41 Å². The van der Waals surface area contributed by atoms with E-state index in [1.165, 1.54) is 12.3 Å². The molecule has 0 unspecified atom stereocenters. The smallest absolute Gasteiger partial charge is 0.263 e. The minimum atomic E-state index is -3.98. The van der Waals surface area contributed by atoms with E-state index in [4.69, 9.17) is 11.6 Å². The quantitative estimate of drug-likeness (QED) is 0.690. The first-order valence-corrected chi connectivity index (χ1v) is 13.3. The highest BCUT2D eigenvalue weighted by molar-refractivity contribution is 7.93. The van der Waals surface area contributed by atoms with Gasteiger partial charge in [-0.3, -0.25) is 8.69 Å². The first kappa shape index (κ1) is 21.5. The third kappa shape index (κ3) is 4.20. The molecular formula is C20H26ClN3O4S2. The van der Waals surface area contributed by atoms with Crippen LogP contribution < -0.4 is 9.62 Å². The number of piperidine rings is 1. The highest BCUT2D eigenvalue weighted by atomic mass is 35.5. The van der Waals surface area contributed by atoms with Crippen molar-refractivity contribution in [1.29, 1.82) is 0 Å². The fourth-order valence-electron chi connectivity index (χ4n) is 3.67. The molecule has 0 amide bonds. The number of sulfonamides is 1. The standard InChI is InChI=1S/C20H26ClN3O4S2/c1-20(2)9-12-23(13-10-20)19-17(21)4-3-5-18(19)22-29(25,26)16-8-11-24(14-16)30(27,28)15-6-7-15/h3-5,8,11,14-15,22H,6-7,9-10,12-13H2,1-2H3. The van der Waals surface area contributed by atoms with E-state index in [-0.39, 0.29) is 10.3 Å². The summed E-state index contributed by atoms with van der Waals surface area (Å²) in [5, 5.41) is 0.0556. The number of nitrogens with one attached hydrogen (secondary N) is 1. The van der Waals surface area contributed by atoms with Crippen LogP contribution >= 0.6 is 11.6 Å². The summed E-state index contributed by atoms with van der Waals surface area (Å²) in [5.74, 6) is 0. The van der Waals surface area contributed by atoms with Crippen molar-refractivity contribution in [3.05, 3.63) is 41.7 Å². The number of nitrogens with zero attached hydrogens (tertiary/aromatic N) is 2. The van der Waals surface area contributed by atoms with Crippen molar-refractivity contribution >= 4 is 43.0 Å². The van der Waals surface area contributed by atoms with Gasteiger partial charge in [-0.05, 0) is 49.3 Å². The number of para-hydroxylation sites is 1. The molecule has 1 N–H and O–H groups in total. The maximum atomic E-state index is 13.0. The Kier molecular flexibility index (Phi) is 5.35. The molecule has 1 aliphatic carbocycles. The van der Waals surface area contributed by atoms with E-state index in [9.17, 15) is 16.8 Å². The maximum absolute atomic E-state index is 13.0. The van der Waals surface area contributed by atoms with Gasteiger partial charge in [0.15, 0.2) is 0 Å². The highest BCUT2D eigenvalue weighted by Crippen LogP contribution is 2.40. The molecule has 7 nitrogen and oxygen atoms in total. The van der Waals surface area contributed by atoms with Crippen LogP contribution in [0.4, 0.5) is 11.4 Å². The molecule has 2 fully saturated rings. The average Bonchev–Trinajstić information content (AvgIpc) is 3.39. The van der Waals surface area contributed by atoms with E-state index in [2.05, 4.69) is 23.5 Å². The molecular weight excluding hydrogens is 446 g/mol. The Morgan fingerprint density at radius 1 is 1.07 bits per heavy atom. The first-order chi connectivity index (χ1) is 14.0. The number of aromatic nitrogens is 1. The van der Waals surface area contributed by atoms with Crippen LogP contribution in [0.1, 0.15) is 39.5 Å². The van der Waals surface area contributed by atoms with Crippen LogP contribution in [0, 0.1) is 5.41 Å². The Morgan fingerprint density at radius 2 is 1.73 bits per heavy atom. The second-order valence-electron chi connectivity index (χ2n) is 8.81. The Hall–Kier alpha value is -1.71. The normalized spacial score (nSPS) is 19.6. The fraction of sp³-hybridized carbons (Fsp3) is 0.500. The van der Waals surface area contributed by atoms with Crippen LogP contribution in [0.25, 0.3) is 0 Å². The molecule has 0 bridgehead atoms. The number of halogens is 1. The van der Waals surface area contributed by atoms with Gasteiger partial charge in [-0.1, -0.05) is 31.5 Å². The predicted molar refractivity (Wildman–Crippen MR) is 119 cm³/mol. The molecule has 10 heteroatoms. The first-order valence-electron chi connectivity index (χ1n) is 9.98. The number of rotatable bonds is 6. The third-order valence-corrected chi connectivity index (χ3v) is 9.64. The lowest BCUT2D eigenvalue weighted by molar-refractivity contribution is 0.280. The lowest BCUT2D eigenvalue weighted by Crippen LogP contribution is -2.38. The Labute approximate surface area is 183 Å². The van der Waals surface area contributed by atoms with Gasteiger partial charge >= 0.3 is 0 Å². The number of hydrogen-bond donors (Lipinski definition) is 1. The monoisotopic (exact) mass is 471 g/mol. The summed E-state index contributed by atoms with van der Waals surface area (Å²) in [6, 6.07) is 6.42. The van der Waals surface area contributed by atoms with Crippen molar-refractivity contribution < 1.29 is 16.8 Å². The Balaban J connectivity index is 1.61. The van der Waals surface area contributed by atoms with Gasteiger partial charge in [0, 0.05) is 25.5 Å². The predicted octanol–water partition coefficient (Wildman–Crippen LogP) is 3.91. The number of benzene rings is 1. The summed E-state index contributed by atoms with van der Waals surface area (Å²) >= 11 is 6.45. The summed E-state index contributed by atoms with van der Waals surface area (Å²) < 4.78 is 54.4. The van der Waals surface area contributed by atoms with Crippen LogP contribution in [-0.4, -0.2) is 39.1 Å². The van der Waals surface area contributed by atoms with Crippen molar-refractivity contribution in [3.63, 3.8) is 0 Å². The van der Waals surface area contributed by atoms with Gasteiger partial charge in [-0.2, -0.15) is 0 Å². The maximum Gasteiger partial charge on any atom is 0.263 e. The van der Waals surface area contributed by atoms with E-state index in [0.717, 1.165) is 36.1 Å². The van der Waals surface area contributed by atoms with E-state index >= 15 is 0 Å². The largest absolute Gasteiger partial charge is 0.369 e. The van der Waals surface area contributed by atoms with E-state index in [0.29, 0.717) is 29.2 Å². The molecule has 4 rings (SSSR count). The minimum Gasteiger partial charge on any atom is -0.369 e. The second-order valence-corrected chi connectivity index (χ2v) is 13.0. The summed E-state index contributed by atoms with van der Waals surface area (Å²) in [7, 11) is -7.51. The number of anilines is 2. The van der Waals surface area contributed by atoms with E-state index < -0.39 is 25.3 Å². The Bertz CT molecular complexity index is 1160. The molecule has 1 aliphatic heterocycles. The summed E-state index contributed by atoms with van der Waals surface area (Å²) in [6.07, 6.45) is 5.62. The summed E-state index contributed by atoms with van der Waals surface area (Å²) in [5.41, 5.74) is 1.29.